The van der Waals surface area contributed by atoms with Crippen molar-refractivity contribution in [3.63, 3.8) is 0 Å². The van der Waals surface area contributed by atoms with E-state index in [-0.39, 0.29) is 0 Å². The first-order valence-corrected chi connectivity index (χ1v) is 6.44. The third-order valence-corrected chi connectivity index (χ3v) is 2.63. The molecule has 0 unspecified atom stereocenters. The van der Waals surface area contributed by atoms with Gasteiger partial charge in [-0.3, -0.25) is 0 Å². The summed E-state index contributed by atoms with van der Waals surface area (Å²) < 4.78 is 0. The van der Waals surface area contributed by atoms with E-state index in [4.69, 9.17) is 0 Å². The van der Waals surface area contributed by atoms with Crippen LogP contribution in [0.2, 0.25) is 0 Å². The smallest absolute Gasteiger partial charge is 0.0173 e. The van der Waals surface area contributed by atoms with Crippen LogP contribution in [0.3, 0.4) is 0 Å². The van der Waals surface area contributed by atoms with Gasteiger partial charge in [0.05, 0.1) is 0 Å². The van der Waals surface area contributed by atoms with Crippen LogP contribution in [-0.2, 0) is 0 Å². The van der Waals surface area contributed by atoms with Crippen LogP contribution in [0.1, 0.15) is 68.7 Å². The summed E-state index contributed by atoms with van der Waals surface area (Å²) >= 11 is 0. The molecule has 0 nitrogen and oxygen atoms in total. The van der Waals surface area contributed by atoms with Crippen LogP contribution in [0.15, 0.2) is 23.3 Å². The number of hydrogen-bond donors (Lipinski definition) is 0. The van der Waals surface area contributed by atoms with E-state index in [2.05, 4.69) is 74.5 Å². The van der Waals surface area contributed by atoms with E-state index in [1.165, 1.54) is 11.1 Å². The highest BCUT2D eigenvalue weighted by atomic mass is 14.2. The van der Waals surface area contributed by atoms with Gasteiger partial charge in [0.15, 0.2) is 0 Å². The van der Waals surface area contributed by atoms with Crippen molar-refractivity contribution in [3.05, 3.63) is 23.3 Å². The van der Waals surface area contributed by atoms with Gasteiger partial charge in [0.25, 0.3) is 0 Å². The molecule has 0 rings (SSSR count). The lowest BCUT2D eigenvalue weighted by molar-refractivity contribution is 0.498. The van der Waals surface area contributed by atoms with E-state index in [1.807, 2.05) is 0 Å². The average Bonchev–Trinajstić information content (AvgIpc) is 2.12. The van der Waals surface area contributed by atoms with Crippen LogP contribution in [0.5, 0.6) is 0 Å². The molecule has 0 heteroatoms. The molecule has 0 aliphatic carbocycles. The fourth-order valence-electron chi connectivity index (χ4n) is 1.16. The second-order valence-electron chi connectivity index (χ2n) is 5.96. The van der Waals surface area contributed by atoms with Crippen LogP contribution in [0.4, 0.5) is 0 Å². The first kappa shape index (κ1) is 17.9. The summed E-state index contributed by atoms with van der Waals surface area (Å²) in [6.45, 7) is 19.8. The predicted octanol–water partition coefficient (Wildman–Crippen LogP) is 6.00. The maximum atomic E-state index is 2.25. The van der Waals surface area contributed by atoms with Crippen molar-refractivity contribution in [1.82, 2.24) is 0 Å². The third kappa shape index (κ3) is 11.6. The summed E-state index contributed by atoms with van der Waals surface area (Å²) in [5.74, 6) is 0.722. The first-order valence-electron chi connectivity index (χ1n) is 6.44. The van der Waals surface area contributed by atoms with E-state index in [0.29, 0.717) is 5.41 Å². The zero-order chi connectivity index (χ0) is 13.4. The van der Waals surface area contributed by atoms with Crippen molar-refractivity contribution < 1.29 is 0 Å². The summed E-state index contributed by atoms with van der Waals surface area (Å²) in [6.07, 6.45) is 5.59. The second-order valence-corrected chi connectivity index (χ2v) is 5.96. The topological polar surface area (TPSA) is 0 Å². The third-order valence-electron chi connectivity index (χ3n) is 2.63. The normalized spacial score (nSPS) is 11.4. The van der Waals surface area contributed by atoms with Crippen molar-refractivity contribution in [3.8, 4) is 0 Å². The Hall–Kier alpha value is -0.520. The summed E-state index contributed by atoms with van der Waals surface area (Å²) in [4.78, 5) is 0. The molecule has 0 aromatic carbocycles. The lowest BCUT2D eigenvalue weighted by atomic mass is 9.85. The van der Waals surface area contributed by atoms with Gasteiger partial charge in [-0.1, -0.05) is 64.8 Å². The van der Waals surface area contributed by atoms with Gasteiger partial charge >= 0.3 is 0 Å². The molecule has 0 bridgehead atoms. The Morgan fingerprint density at radius 1 is 1.06 bits per heavy atom. The molecule has 0 aliphatic heterocycles. The Kier molecular flexibility index (Phi) is 9.61. The van der Waals surface area contributed by atoms with Crippen molar-refractivity contribution >= 4 is 0 Å². The molecule has 0 fully saturated rings. The molecule has 0 saturated heterocycles. The Bertz CT molecular complexity index is 217. The minimum absolute atomic E-state index is 0.360. The van der Waals surface area contributed by atoms with Gasteiger partial charge in [-0.05, 0) is 38.5 Å². The van der Waals surface area contributed by atoms with Gasteiger partial charge in [-0.15, -0.1) is 0 Å². The maximum Gasteiger partial charge on any atom is -0.0173 e. The van der Waals surface area contributed by atoms with Crippen molar-refractivity contribution in [2.45, 2.75) is 68.7 Å². The quantitative estimate of drug-likeness (QED) is 0.505. The van der Waals surface area contributed by atoms with E-state index in [9.17, 15) is 0 Å². The van der Waals surface area contributed by atoms with Crippen LogP contribution < -0.4 is 0 Å². The number of allylic oxidation sites excluding steroid dienone is 4. The van der Waals surface area contributed by atoms with Crippen LogP contribution in [-0.4, -0.2) is 0 Å². The van der Waals surface area contributed by atoms with Gasteiger partial charge in [0, 0.05) is 0 Å². The van der Waals surface area contributed by atoms with Crippen molar-refractivity contribution in [2.24, 2.45) is 11.3 Å². The summed E-state index contributed by atoms with van der Waals surface area (Å²) in [6, 6.07) is 0. The molecule has 0 amide bonds. The van der Waals surface area contributed by atoms with E-state index < -0.39 is 0 Å². The van der Waals surface area contributed by atoms with Crippen molar-refractivity contribution in [2.75, 3.05) is 0 Å². The maximum absolute atomic E-state index is 2.25. The molecule has 0 aromatic heterocycles. The van der Waals surface area contributed by atoms with Crippen LogP contribution in [0, 0.1) is 11.3 Å². The standard InChI is InChI=1S/C9H18.C7H14/c1-7(2)8(3)9(4,5)6;1-4-5-6-7(2)3/h1-6H3;5-7H,4H2,1-3H3/b;6-5+. The Labute approximate surface area is 104 Å². The summed E-state index contributed by atoms with van der Waals surface area (Å²) in [7, 11) is 0. The molecule has 0 aromatic rings. The molecular formula is C16H32. The molecule has 0 radical (unpaired) electrons. The average molecular weight is 224 g/mol. The highest BCUT2D eigenvalue weighted by molar-refractivity contribution is 5.13. The van der Waals surface area contributed by atoms with Gasteiger partial charge in [0.2, 0.25) is 0 Å². The number of hydrogen-bond acceptors (Lipinski definition) is 0. The first-order chi connectivity index (χ1) is 7.12. The van der Waals surface area contributed by atoms with Crippen LogP contribution in [0.25, 0.3) is 0 Å². The van der Waals surface area contributed by atoms with E-state index in [1.54, 1.807) is 0 Å². The fraction of sp³-hybridized carbons (Fsp3) is 0.750. The van der Waals surface area contributed by atoms with Crippen molar-refractivity contribution in [1.29, 1.82) is 0 Å². The number of rotatable bonds is 2. The lowest BCUT2D eigenvalue weighted by Gasteiger charge is -2.20. The van der Waals surface area contributed by atoms with E-state index in [0.717, 1.165) is 12.3 Å². The molecule has 0 N–H and O–H groups in total. The summed E-state index contributed by atoms with van der Waals surface area (Å²) in [5, 5.41) is 0. The molecule has 16 heavy (non-hydrogen) atoms. The Balaban J connectivity index is 0. The zero-order valence-electron chi connectivity index (χ0n) is 12.9. The monoisotopic (exact) mass is 224 g/mol. The largest absolute Gasteiger partial charge is 0.0886 e. The predicted molar refractivity (Wildman–Crippen MR) is 77.8 cm³/mol. The Morgan fingerprint density at radius 2 is 1.50 bits per heavy atom. The molecule has 0 saturated carbocycles. The minimum atomic E-state index is 0.360. The Morgan fingerprint density at radius 3 is 1.56 bits per heavy atom. The summed E-state index contributed by atoms with van der Waals surface area (Å²) in [5.41, 5.74) is 3.31. The molecule has 96 valence electrons. The van der Waals surface area contributed by atoms with Crippen LogP contribution >= 0.6 is 0 Å². The highest BCUT2D eigenvalue weighted by Gasteiger charge is 2.12. The van der Waals surface area contributed by atoms with Gasteiger partial charge in [0.1, 0.15) is 0 Å². The SMILES string of the molecule is CC(C)=C(C)C(C)(C)C.CC/C=C/C(C)C. The zero-order valence-corrected chi connectivity index (χ0v) is 12.9. The molecule has 0 atom stereocenters. The van der Waals surface area contributed by atoms with Gasteiger partial charge in [-0.25, -0.2) is 0 Å². The van der Waals surface area contributed by atoms with Gasteiger partial charge < -0.3 is 0 Å². The van der Waals surface area contributed by atoms with Gasteiger partial charge in [-0.2, -0.15) is 0 Å². The fourth-order valence-corrected chi connectivity index (χ4v) is 1.16. The second kappa shape index (κ2) is 8.61. The minimum Gasteiger partial charge on any atom is -0.0886 e. The molecule has 0 heterocycles. The van der Waals surface area contributed by atoms with E-state index >= 15 is 0 Å². The molecule has 0 aliphatic rings. The molecule has 0 spiro atoms. The highest BCUT2D eigenvalue weighted by Crippen LogP contribution is 2.26. The lowest BCUT2D eigenvalue weighted by Crippen LogP contribution is -2.07. The molecular weight excluding hydrogens is 192 g/mol.